The Labute approximate surface area is 187 Å². The summed E-state index contributed by atoms with van der Waals surface area (Å²) >= 11 is 0. The standard InChI is InChI=1S/C19H32N4O3S.2ClH/c1-15-5-7-16(8-6-15)27(25,26)21-9-10-22-11-13-23(14-12-22)18(24)17(20)19(2,3)4;;/h5-8,17,21H,9-14,20H2,1-4H3;2*1H/t17-;;/m1../s1. The van der Waals surface area contributed by atoms with Crippen molar-refractivity contribution in [1.82, 2.24) is 14.5 Å². The third-order valence-electron chi connectivity index (χ3n) is 4.93. The number of hydrogen-bond donors (Lipinski definition) is 2. The van der Waals surface area contributed by atoms with Crippen LogP contribution in [0.2, 0.25) is 0 Å². The molecular formula is C19H34Cl2N4O3S. The quantitative estimate of drug-likeness (QED) is 0.661. The minimum Gasteiger partial charge on any atom is -0.339 e. The first kappa shape index (κ1) is 28.1. The molecule has 168 valence electrons. The van der Waals surface area contributed by atoms with E-state index in [1.807, 2.05) is 32.6 Å². The molecule has 1 heterocycles. The summed E-state index contributed by atoms with van der Waals surface area (Å²) < 4.78 is 27.2. The second-order valence-electron chi connectivity index (χ2n) is 8.22. The van der Waals surface area contributed by atoms with Crippen LogP contribution in [-0.4, -0.2) is 69.4 Å². The smallest absolute Gasteiger partial charge is 0.240 e. The summed E-state index contributed by atoms with van der Waals surface area (Å²) in [5, 5.41) is 0. The Kier molecular flexibility index (Phi) is 11.1. The molecule has 7 nitrogen and oxygen atoms in total. The Hall–Kier alpha value is -0.900. The molecule has 1 saturated heterocycles. The number of sulfonamides is 1. The van der Waals surface area contributed by atoms with E-state index in [4.69, 9.17) is 5.73 Å². The minimum atomic E-state index is -3.49. The number of benzene rings is 1. The lowest BCUT2D eigenvalue weighted by atomic mass is 9.86. The van der Waals surface area contributed by atoms with Crippen LogP contribution in [0.1, 0.15) is 26.3 Å². The fourth-order valence-corrected chi connectivity index (χ4v) is 3.92. The Morgan fingerprint density at radius 3 is 2.10 bits per heavy atom. The van der Waals surface area contributed by atoms with Crippen LogP contribution in [0.15, 0.2) is 29.2 Å². The van der Waals surface area contributed by atoms with Crippen LogP contribution in [0.5, 0.6) is 0 Å². The van der Waals surface area contributed by atoms with Crippen LogP contribution < -0.4 is 10.5 Å². The molecule has 1 amide bonds. The molecule has 0 radical (unpaired) electrons. The normalized spacial score (nSPS) is 16.5. The SMILES string of the molecule is Cc1ccc(S(=O)(=O)NCCN2CCN(C(=O)[C@@H](N)C(C)(C)C)CC2)cc1.Cl.Cl. The number of rotatable bonds is 6. The molecule has 0 unspecified atom stereocenters. The highest BCUT2D eigenvalue weighted by molar-refractivity contribution is 7.89. The van der Waals surface area contributed by atoms with Crippen molar-refractivity contribution < 1.29 is 13.2 Å². The van der Waals surface area contributed by atoms with Crippen LogP contribution in [0, 0.1) is 12.3 Å². The van der Waals surface area contributed by atoms with E-state index in [0.29, 0.717) is 26.2 Å². The lowest BCUT2D eigenvalue weighted by Crippen LogP contribution is -2.56. The number of nitrogens with two attached hydrogens (primary N) is 1. The maximum atomic E-state index is 12.5. The third-order valence-corrected chi connectivity index (χ3v) is 6.41. The van der Waals surface area contributed by atoms with Crippen molar-refractivity contribution in [3.63, 3.8) is 0 Å². The molecule has 1 aromatic rings. The highest BCUT2D eigenvalue weighted by Crippen LogP contribution is 2.19. The number of nitrogens with one attached hydrogen (secondary N) is 1. The molecule has 1 aromatic carbocycles. The van der Waals surface area contributed by atoms with Crippen LogP contribution in [0.25, 0.3) is 0 Å². The first-order valence-corrected chi connectivity index (χ1v) is 10.8. The average Bonchev–Trinajstić information content (AvgIpc) is 2.60. The largest absolute Gasteiger partial charge is 0.339 e. The van der Waals surface area contributed by atoms with Crippen molar-refractivity contribution >= 4 is 40.7 Å². The van der Waals surface area contributed by atoms with Crippen molar-refractivity contribution in [3.05, 3.63) is 29.8 Å². The van der Waals surface area contributed by atoms with Gasteiger partial charge in [0.15, 0.2) is 0 Å². The number of hydrogen-bond acceptors (Lipinski definition) is 5. The van der Waals surface area contributed by atoms with Crippen molar-refractivity contribution in [2.75, 3.05) is 39.3 Å². The summed E-state index contributed by atoms with van der Waals surface area (Å²) in [5.41, 5.74) is 6.83. The molecule has 3 N–H and O–H groups in total. The number of halogens is 2. The van der Waals surface area contributed by atoms with Gasteiger partial charge in [0.2, 0.25) is 15.9 Å². The lowest BCUT2D eigenvalue weighted by Gasteiger charge is -2.38. The van der Waals surface area contributed by atoms with Gasteiger partial charge in [0.1, 0.15) is 0 Å². The lowest BCUT2D eigenvalue weighted by molar-refractivity contribution is -0.136. The van der Waals surface area contributed by atoms with E-state index in [0.717, 1.165) is 18.7 Å². The molecule has 1 aliphatic rings. The van der Waals surface area contributed by atoms with E-state index >= 15 is 0 Å². The number of carbonyl (C=O) groups is 1. The maximum absolute atomic E-state index is 12.5. The molecule has 1 aliphatic heterocycles. The van der Waals surface area contributed by atoms with Crippen molar-refractivity contribution in [1.29, 1.82) is 0 Å². The molecular weight excluding hydrogens is 435 g/mol. The summed E-state index contributed by atoms with van der Waals surface area (Å²) in [7, 11) is -3.49. The minimum absolute atomic E-state index is 0. The predicted octanol–water partition coefficient (Wildman–Crippen LogP) is 1.63. The Bertz CT molecular complexity index is 744. The Morgan fingerprint density at radius 2 is 1.62 bits per heavy atom. The van der Waals surface area contributed by atoms with E-state index in [-0.39, 0.29) is 41.0 Å². The van der Waals surface area contributed by atoms with Crippen LogP contribution >= 0.6 is 24.8 Å². The fourth-order valence-electron chi connectivity index (χ4n) is 2.90. The fraction of sp³-hybridized carbons (Fsp3) is 0.632. The van der Waals surface area contributed by atoms with Gasteiger partial charge in [-0.15, -0.1) is 24.8 Å². The first-order chi connectivity index (χ1) is 12.5. The van der Waals surface area contributed by atoms with E-state index in [2.05, 4.69) is 9.62 Å². The summed E-state index contributed by atoms with van der Waals surface area (Å²) in [6, 6.07) is 6.28. The summed E-state index contributed by atoms with van der Waals surface area (Å²) in [4.78, 5) is 16.7. The number of aryl methyl sites for hydroxylation is 1. The van der Waals surface area contributed by atoms with Gasteiger partial charge in [-0.3, -0.25) is 9.69 Å². The van der Waals surface area contributed by atoms with Gasteiger partial charge < -0.3 is 10.6 Å². The number of carbonyl (C=O) groups excluding carboxylic acids is 1. The van der Waals surface area contributed by atoms with Gasteiger partial charge in [-0.05, 0) is 24.5 Å². The molecule has 2 rings (SSSR count). The second kappa shape index (κ2) is 11.5. The molecule has 0 aromatic heterocycles. The Morgan fingerprint density at radius 1 is 1.10 bits per heavy atom. The highest BCUT2D eigenvalue weighted by Gasteiger charge is 2.32. The number of amides is 1. The molecule has 0 saturated carbocycles. The van der Waals surface area contributed by atoms with Crippen molar-refractivity contribution in [2.24, 2.45) is 11.1 Å². The molecule has 1 atom stereocenters. The van der Waals surface area contributed by atoms with Crippen LogP contribution in [0.4, 0.5) is 0 Å². The van der Waals surface area contributed by atoms with Crippen molar-refractivity contribution in [2.45, 2.75) is 38.6 Å². The van der Waals surface area contributed by atoms with Gasteiger partial charge in [0.25, 0.3) is 0 Å². The average molecular weight is 469 g/mol. The Balaban J connectivity index is 0.00000392. The van der Waals surface area contributed by atoms with Gasteiger partial charge in [-0.1, -0.05) is 38.5 Å². The van der Waals surface area contributed by atoms with E-state index in [1.165, 1.54) is 0 Å². The molecule has 0 spiro atoms. The van der Waals surface area contributed by atoms with Gasteiger partial charge >= 0.3 is 0 Å². The van der Waals surface area contributed by atoms with E-state index in [1.54, 1.807) is 24.3 Å². The highest BCUT2D eigenvalue weighted by atomic mass is 35.5. The number of piperazine rings is 1. The predicted molar refractivity (Wildman–Crippen MR) is 121 cm³/mol. The second-order valence-corrected chi connectivity index (χ2v) is 9.99. The molecule has 1 fully saturated rings. The zero-order chi connectivity index (χ0) is 20.2. The summed E-state index contributed by atoms with van der Waals surface area (Å²) in [6.07, 6.45) is 0. The summed E-state index contributed by atoms with van der Waals surface area (Å²) in [5.74, 6) is -0.0118. The monoisotopic (exact) mass is 468 g/mol. The maximum Gasteiger partial charge on any atom is 0.240 e. The van der Waals surface area contributed by atoms with Crippen LogP contribution in [0.3, 0.4) is 0 Å². The summed E-state index contributed by atoms with van der Waals surface area (Å²) in [6.45, 7) is 11.4. The van der Waals surface area contributed by atoms with Crippen molar-refractivity contribution in [3.8, 4) is 0 Å². The zero-order valence-electron chi connectivity index (χ0n) is 17.6. The van der Waals surface area contributed by atoms with Gasteiger partial charge in [0, 0.05) is 39.3 Å². The topological polar surface area (TPSA) is 95.7 Å². The molecule has 10 heteroatoms. The van der Waals surface area contributed by atoms with E-state index in [9.17, 15) is 13.2 Å². The van der Waals surface area contributed by atoms with Gasteiger partial charge in [-0.25, -0.2) is 13.1 Å². The third kappa shape index (κ3) is 8.03. The van der Waals surface area contributed by atoms with Gasteiger partial charge in [0.05, 0.1) is 10.9 Å². The molecule has 0 bridgehead atoms. The first-order valence-electron chi connectivity index (χ1n) is 9.34. The molecule has 0 aliphatic carbocycles. The van der Waals surface area contributed by atoms with E-state index < -0.39 is 16.1 Å². The van der Waals surface area contributed by atoms with Crippen LogP contribution in [-0.2, 0) is 14.8 Å². The number of nitrogens with zero attached hydrogens (tertiary/aromatic N) is 2. The van der Waals surface area contributed by atoms with Gasteiger partial charge in [-0.2, -0.15) is 0 Å². The zero-order valence-corrected chi connectivity index (χ0v) is 20.0. The molecule has 29 heavy (non-hydrogen) atoms.